The number of nitrogens with one attached hydrogen (secondary N) is 1. The molecule has 0 aliphatic heterocycles. The lowest BCUT2D eigenvalue weighted by Crippen LogP contribution is -2.24. The van der Waals surface area contributed by atoms with Crippen LogP contribution in [0.5, 0.6) is 11.5 Å². The highest BCUT2D eigenvalue weighted by Gasteiger charge is 2.18. The van der Waals surface area contributed by atoms with Crippen LogP contribution < -0.4 is 14.8 Å². The van der Waals surface area contributed by atoms with Gasteiger partial charge in [0.25, 0.3) is 0 Å². The first kappa shape index (κ1) is 15.2. The second-order valence-corrected chi connectivity index (χ2v) is 5.70. The first-order valence-electron chi connectivity index (χ1n) is 7.80. The van der Waals surface area contributed by atoms with E-state index < -0.39 is 0 Å². The number of hydrogen-bond donors (Lipinski definition) is 1. The van der Waals surface area contributed by atoms with Crippen molar-refractivity contribution in [3.05, 3.63) is 23.8 Å². The number of benzene rings is 1. The molecule has 0 unspecified atom stereocenters. The maximum atomic E-state index is 6.05. The van der Waals surface area contributed by atoms with Gasteiger partial charge in [0.1, 0.15) is 0 Å². The molecule has 1 aliphatic rings. The van der Waals surface area contributed by atoms with Crippen LogP contribution in [0.2, 0.25) is 0 Å². The Bertz CT molecular complexity index is 413. The molecule has 1 saturated carbocycles. The van der Waals surface area contributed by atoms with Gasteiger partial charge in [-0.2, -0.15) is 0 Å². The van der Waals surface area contributed by atoms with Gasteiger partial charge >= 0.3 is 0 Å². The van der Waals surface area contributed by atoms with Gasteiger partial charge in [-0.25, -0.2) is 0 Å². The van der Waals surface area contributed by atoms with E-state index in [1.54, 1.807) is 7.11 Å². The predicted octanol–water partition coefficient (Wildman–Crippen LogP) is 3.90. The van der Waals surface area contributed by atoms with E-state index in [0.717, 1.165) is 24.5 Å². The Kier molecular flexibility index (Phi) is 5.72. The Morgan fingerprint density at radius 3 is 2.65 bits per heavy atom. The van der Waals surface area contributed by atoms with Gasteiger partial charge in [-0.1, -0.05) is 13.0 Å². The fourth-order valence-corrected chi connectivity index (χ4v) is 2.54. The minimum Gasteiger partial charge on any atom is -0.493 e. The number of rotatable bonds is 7. The van der Waals surface area contributed by atoms with Gasteiger partial charge in [-0.15, -0.1) is 0 Å². The fourth-order valence-electron chi connectivity index (χ4n) is 2.54. The van der Waals surface area contributed by atoms with Crippen LogP contribution in [0.3, 0.4) is 0 Å². The van der Waals surface area contributed by atoms with Crippen LogP contribution in [-0.2, 0) is 6.54 Å². The van der Waals surface area contributed by atoms with E-state index >= 15 is 0 Å². The molecule has 1 aromatic rings. The Balaban J connectivity index is 1.99. The molecule has 0 radical (unpaired) electrons. The standard InChI is InChI=1S/C17H27NO2/c1-4-13(2)18-12-14-9-10-16(17(11-14)19-3)20-15-7-5-6-8-15/h9-11,13,15,18H,4-8,12H2,1-3H3/t13-/m1/s1. The zero-order valence-electron chi connectivity index (χ0n) is 12.9. The first-order valence-corrected chi connectivity index (χ1v) is 7.80. The van der Waals surface area contributed by atoms with Crippen molar-refractivity contribution in [1.82, 2.24) is 5.32 Å². The van der Waals surface area contributed by atoms with E-state index in [9.17, 15) is 0 Å². The molecule has 3 heteroatoms. The number of hydrogen-bond acceptors (Lipinski definition) is 3. The number of methoxy groups -OCH3 is 1. The quantitative estimate of drug-likeness (QED) is 0.820. The van der Waals surface area contributed by atoms with Crippen LogP contribution in [0.1, 0.15) is 51.5 Å². The van der Waals surface area contributed by atoms with Crippen molar-refractivity contribution in [3.63, 3.8) is 0 Å². The Labute approximate surface area is 122 Å². The third kappa shape index (κ3) is 4.14. The smallest absolute Gasteiger partial charge is 0.161 e. The fraction of sp³-hybridized carbons (Fsp3) is 0.647. The van der Waals surface area contributed by atoms with Crippen LogP contribution in [0.25, 0.3) is 0 Å². The summed E-state index contributed by atoms with van der Waals surface area (Å²) in [5.41, 5.74) is 1.24. The molecule has 2 rings (SSSR count). The maximum Gasteiger partial charge on any atom is 0.161 e. The van der Waals surface area contributed by atoms with Crippen molar-refractivity contribution >= 4 is 0 Å². The molecular weight excluding hydrogens is 250 g/mol. The Morgan fingerprint density at radius 1 is 1.25 bits per heavy atom. The highest BCUT2D eigenvalue weighted by Crippen LogP contribution is 2.32. The first-order chi connectivity index (χ1) is 9.72. The average molecular weight is 277 g/mol. The van der Waals surface area contributed by atoms with Crippen molar-refractivity contribution in [2.24, 2.45) is 0 Å². The summed E-state index contributed by atoms with van der Waals surface area (Å²) >= 11 is 0. The Morgan fingerprint density at radius 2 is 2.00 bits per heavy atom. The maximum absolute atomic E-state index is 6.05. The van der Waals surface area contributed by atoms with Gasteiger partial charge in [-0.3, -0.25) is 0 Å². The predicted molar refractivity (Wildman–Crippen MR) is 82.5 cm³/mol. The van der Waals surface area contributed by atoms with Crippen molar-refractivity contribution < 1.29 is 9.47 Å². The van der Waals surface area contributed by atoms with Crippen molar-refractivity contribution in [2.45, 2.75) is 64.6 Å². The zero-order valence-corrected chi connectivity index (χ0v) is 12.9. The van der Waals surface area contributed by atoms with Crippen LogP contribution >= 0.6 is 0 Å². The lowest BCUT2D eigenvalue weighted by atomic mass is 10.1. The van der Waals surface area contributed by atoms with E-state index in [-0.39, 0.29) is 0 Å². The summed E-state index contributed by atoms with van der Waals surface area (Å²) in [4.78, 5) is 0. The van der Waals surface area contributed by atoms with Crippen LogP contribution in [0, 0.1) is 0 Å². The van der Waals surface area contributed by atoms with E-state index in [0.29, 0.717) is 12.1 Å². The van der Waals surface area contributed by atoms with Crippen LogP contribution in [-0.4, -0.2) is 19.3 Å². The summed E-state index contributed by atoms with van der Waals surface area (Å²) in [5.74, 6) is 1.73. The minimum atomic E-state index is 0.369. The highest BCUT2D eigenvalue weighted by atomic mass is 16.5. The SMILES string of the molecule is CC[C@@H](C)NCc1ccc(OC2CCCC2)c(OC)c1. The zero-order chi connectivity index (χ0) is 14.4. The van der Waals surface area contributed by atoms with Gasteiger partial charge < -0.3 is 14.8 Å². The molecular formula is C17H27NO2. The lowest BCUT2D eigenvalue weighted by molar-refractivity contribution is 0.200. The molecule has 1 aliphatic carbocycles. The second-order valence-electron chi connectivity index (χ2n) is 5.70. The molecule has 3 nitrogen and oxygen atoms in total. The molecule has 20 heavy (non-hydrogen) atoms. The largest absolute Gasteiger partial charge is 0.493 e. The van der Waals surface area contributed by atoms with Crippen molar-refractivity contribution in [3.8, 4) is 11.5 Å². The third-order valence-electron chi connectivity index (χ3n) is 4.09. The van der Waals surface area contributed by atoms with Gasteiger partial charge in [0.15, 0.2) is 11.5 Å². The topological polar surface area (TPSA) is 30.5 Å². The molecule has 0 aromatic heterocycles. The van der Waals surface area contributed by atoms with Crippen LogP contribution in [0.4, 0.5) is 0 Å². The summed E-state index contributed by atoms with van der Waals surface area (Å²) in [6, 6.07) is 6.79. The van der Waals surface area contributed by atoms with Gasteiger partial charge in [0.05, 0.1) is 13.2 Å². The normalized spacial score (nSPS) is 17.1. The summed E-state index contributed by atoms with van der Waals surface area (Å²) in [6.07, 6.45) is 6.40. The summed E-state index contributed by atoms with van der Waals surface area (Å²) in [5, 5.41) is 3.50. The number of ether oxygens (including phenoxy) is 2. The summed E-state index contributed by atoms with van der Waals surface area (Å²) < 4.78 is 11.5. The van der Waals surface area contributed by atoms with Gasteiger partial charge in [-0.05, 0) is 56.7 Å². The molecule has 1 atom stereocenters. The highest BCUT2D eigenvalue weighted by molar-refractivity contribution is 5.43. The molecule has 0 spiro atoms. The third-order valence-corrected chi connectivity index (χ3v) is 4.09. The summed E-state index contributed by atoms with van der Waals surface area (Å²) in [6.45, 7) is 5.26. The molecule has 1 fully saturated rings. The minimum absolute atomic E-state index is 0.369. The van der Waals surface area contributed by atoms with E-state index in [1.165, 1.54) is 31.2 Å². The monoisotopic (exact) mass is 277 g/mol. The molecule has 1 aromatic carbocycles. The van der Waals surface area contributed by atoms with E-state index in [2.05, 4.69) is 31.3 Å². The molecule has 0 amide bonds. The van der Waals surface area contributed by atoms with Gasteiger partial charge in [0.2, 0.25) is 0 Å². The van der Waals surface area contributed by atoms with Crippen molar-refractivity contribution in [1.29, 1.82) is 0 Å². The summed E-state index contributed by atoms with van der Waals surface area (Å²) in [7, 11) is 1.71. The molecule has 1 N–H and O–H groups in total. The molecule has 0 saturated heterocycles. The lowest BCUT2D eigenvalue weighted by Gasteiger charge is -2.17. The van der Waals surface area contributed by atoms with Gasteiger partial charge in [0, 0.05) is 12.6 Å². The molecule has 0 bridgehead atoms. The molecule has 112 valence electrons. The second kappa shape index (κ2) is 7.53. The van der Waals surface area contributed by atoms with Crippen molar-refractivity contribution in [2.75, 3.05) is 7.11 Å². The Hall–Kier alpha value is -1.22. The average Bonchev–Trinajstić information content (AvgIpc) is 2.98. The van der Waals surface area contributed by atoms with Crippen LogP contribution in [0.15, 0.2) is 18.2 Å². The van der Waals surface area contributed by atoms with E-state index in [4.69, 9.17) is 9.47 Å². The molecule has 0 heterocycles. The van der Waals surface area contributed by atoms with E-state index in [1.807, 2.05) is 6.07 Å².